The molecule has 336 valence electrons. The van der Waals surface area contributed by atoms with Gasteiger partial charge in [-0.05, 0) is 44.9 Å². The van der Waals surface area contributed by atoms with E-state index in [9.17, 15) is 30.3 Å². The monoisotopic (exact) mass is 810 g/mol. The number of aliphatic hydroxyl groups excluding tert-OH is 5. The Hall–Kier alpha value is -1.33. The molecule has 0 radical (unpaired) electrons. The number of unbranched alkanes of at least 4 members (excludes halogenated alkanes) is 28. The van der Waals surface area contributed by atoms with E-state index in [0.717, 1.165) is 38.5 Å². The van der Waals surface area contributed by atoms with Crippen molar-refractivity contribution < 1.29 is 39.8 Å². The molecule has 7 atom stereocenters. The zero-order valence-electron chi connectivity index (χ0n) is 36.9. The molecule has 9 nitrogen and oxygen atoms in total. The lowest BCUT2D eigenvalue weighted by molar-refractivity contribution is -0.302. The topological polar surface area (TPSA) is 149 Å². The Bertz CT molecular complexity index is 945. The number of carbonyl (C=O) groups is 1. The average Bonchev–Trinajstić information content (AvgIpc) is 3.21. The van der Waals surface area contributed by atoms with Crippen molar-refractivity contribution in [3.8, 4) is 0 Å². The minimum absolute atomic E-state index is 0.178. The summed E-state index contributed by atoms with van der Waals surface area (Å²) >= 11 is 0. The zero-order chi connectivity index (χ0) is 41.6. The molecule has 0 aliphatic carbocycles. The molecule has 6 N–H and O–H groups in total. The molecular weight excluding hydrogens is 719 g/mol. The van der Waals surface area contributed by atoms with Crippen LogP contribution < -0.4 is 5.32 Å². The van der Waals surface area contributed by atoms with Crippen molar-refractivity contribution in [3.63, 3.8) is 0 Å². The van der Waals surface area contributed by atoms with Crippen molar-refractivity contribution in [3.05, 3.63) is 24.3 Å². The van der Waals surface area contributed by atoms with Gasteiger partial charge in [0.1, 0.15) is 24.4 Å². The zero-order valence-corrected chi connectivity index (χ0v) is 36.9. The average molecular weight is 810 g/mol. The number of hydrogen-bond donors (Lipinski definition) is 6. The summed E-state index contributed by atoms with van der Waals surface area (Å²) in [7, 11) is 0. The molecule has 1 fully saturated rings. The molecule has 0 aromatic carbocycles. The van der Waals surface area contributed by atoms with Crippen LogP contribution in [0.3, 0.4) is 0 Å². The van der Waals surface area contributed by atoms with Crippen molar-refractivity contribution in [1.29, 1.82) is 0 Å². The third-order valence-corrected chi connectivity index (χ3v) is 11.5. The van der Waals surface area contributed by atoms with E-state index in [-0.39, 0.29) is 12.5 Å². The second-order valence-corrected chi connectivity index (χ2v) is 16.9. The van der Waals surface area contributed by atoms with Crippen LogP contribution in [0.5, 0.6) is 0 Å². The number of amides is 1. The molecule has 0 aromatic heterocycles. The maximum atomic E-state index is 13.0. The first-order valence-electron chi connectivity index (χ1n) is 24.1. The van der Waals surface area contributed by atoms with Gasteiger partial charge in [0.2, 0.25) is 5.91 Å². The molecule has 1 heterocycles. The molecule has 1 rings (SSSR count). The molecule has 1 amide bonds. The Balaban J connectivity index is 2.33. The van der Waals surface area contributed by atoms with Gasteiger partial charge in [0.15, 0.2) is 6.29 Å². The van der Waals surface area contributed by atoms with Crippen molar-refractivity contribution in [2.75, 3.05) is 13.2 Å². The highest BCUT2D eigenvalue weighted by atomic mass is 16.7. The molecule has 9 heteroatoms. The van der Waals surface area contributed by atoms with Crippen LogP contribution in [0.2, 0.25) is 0 Å². The molecule has 1 aliphatic rings. The third kappa shape index (κ3) is 29.5. The van der Waals surface area contributed by atoms with E-state index in [1.54, 1.807) is 6.08 Å². The number of hydrogen-bond acceptors (Lipinski definition) is 8. The number of carbonyl (C=O) groups excluding carboxylic acids is 1. The molecule has 1 aliphatic heterocycles. The Labute approximate surface area is 349 Å². The minimum atomic E-state index is -1.56. The molecular formula is C48H91NO8. The second-order valence-electron chi connectivity index (χ2n) is 16.9. The van der Waals surface area contributed by atoms with Crippen molar-refractivity contribution >= 4 is 5.91 Å². The van der Waals surface area contributed by atoms with E-state index in [0.29, 0.717) is 6.42 Å². The highest BCUT2D eigenvalue weighted by Gasteiger charge is 2.44. The SMILES string of the molecule is CCCCCCCC/C=C\CCCCCCCCCCCC(=O)NC(COC1OC(CO)C(O)C(O)C1O)C(O)/C=C/CCCCCCCCCCCCCCC. The molecule has 0 aromatic rings. The summed E-state index contributed by atoms with van der Waals surface area (Å²) in [5.74, 6) is -0.178. The maximum Gasteiger partial charge on any atom is 0.220 e. The van der Waals surface area contributed by atoms with Crippen LogP contribution in [0.25, 0.3) is 0 Å². The third-order valence-electron chi connectivity index (χ3n) is 11.5. The minimum Gasteiger partial charge on any atom is -0.394 e. The second kappa shape index (κ2) is 38.8. The van der Waals surface area contributed by atoms with Crippen LogP contribution >= 0.6 is 0 Å². The summed E-state index contributed by atoms with van der Waals surface area (Å²) in [5, 5.41) is 54.2. The van der Waals surface area contributed by atoms with Crippen LogP contribution in [-0.2, 0) is 14.3 Å². The van der Waals surface area contributed by atoms with Gasteiger partial charge in [0, 0.05) is 6.42 Å². The lowest BCUT2D eigenvalue weighted by Gasteiger charge is -2.40. The number of aliphatic hydroxyl groups is 5. The summed E-state index contributed by atoms with van der Waals surface area (Å²) in [6.45, 7) is 3.77. The summed E-state index contributed by atoms with van der Waals surface area (Å²) in [5.41, 5.74) is 0. The van der Waals surface area contributed by atoms with Crippen LogP contribution in [0.15, 0.2) is 24.3 Å². The largest absolute Gasteiger partial charge is 0.394 e. The first-order chi connectivity index (χ1) is 27.8. The van der Waals surface area contributed by atoms with E-state index in [1.807, 2.05) is 6.08 Å². The smallest absolute Gasteiger partial charge is 0.220 e. The maximum absolute atomic E-state index is 13.0. The van der Waals surface area contributed by atoms with Crippen molar-refractivity contribution in [2.24, 2.45) is 0 Å². The molecule has 7 unspecified atom stereocenters. The first-order valence-corrected chi connectivity index (χ1v) is 24.1. The Kier molecular flexibility index (Phi) is 36.6. The van der Waals surface area contributed by atoms with Gasteiger partial charge in [-0.15, -0.1) is 0 Å². The molecule has 1 saturated heterocycles. The van der Waals surface area contributed by atoms with Crippen molar-refractivity contribution in [1.82, 2.24) is 5.32 Å². The fourth-order valence-electron chi connectivity index (χ4n) is 7.62. The van der Waals surface area contributed by atoms with Crippen LogP contribution in [-0.4, -0.2) is 87.5 Å². The highest BCUT2D eigenvalue weighted by molar-refractivity contribution is 5.76. The fourth-order valence-corrected chi connectivity index (χ4v) is 7.62. The van der Waals surface area contributed by atoms with Crippen LogP contribution in [0.4, 0.5) is 0 Å². The van der Waals surface area contributed by atoms with E-state index in [1.165, 1.54) is 161 Å². The van der Waals surface area contributed by atoms with Crippen molar-refractivity contribution in [2.45, 2.75) is 262 Å². The summed E-state index contributed by atoms with van der Waals surface area (Å²) in [6, 6.07) is -0.802. The van der Waals surface area contributed by atoms with Gasteiger partial charge in [-0.2, -0.15) is 0 Å². The van der Waals surface area contributed by atoms with Gasteiger partial charge in [-0.1, -0.05) is 192 Å². The number of nitrogens with one attached hydrogen (secondary N) is 1. The van der Waals surface area contributed by atoms with E-state index >= 15 is 0 Å². The van der Waals surface area contributed by atoms with Crippen LogP contribution in [0, 0.1) is 0 Å². The Morgan fingerprint density at radius 3 is 1.42 bits per heavy atom. The molecule has 0 saturated carbocycles. The lowest BCUT2D eigenvalue weighted by atomic mass is 9.99. The summed E-state index contributed by atoms with van der Waals surface area (Å²) in [4.78, 5) is 13.0. The summed E-state index contributed by atoms with van der Waals surface area (Å²) < 4.78 is 11.2. The van der Waals surface area contributed by atoms with Gasteiger partial charge < -0.3 is 40.3 Å². The number of allylic oxidation sites excluding steroid dienone is 3. The number of rotatable bonds is 40. The lowest BCUT2D eigenvalue weighted by Crippen LogP contribution is -2.60. The van der Waals surface area contributed by atoms with Gasteiger partial charge in [0.25, 0.3) is 0 Å². The van der Waals surface area contributed by atoms with E-state index < -0.39 is 49.5 Å². The first kappa shape index (κ1) is 53.7. The molecule has 0 bridgehead atoms. The highest BCUT2D eigenvalue weighted by Crippen LogP contribution is 2.23. The van der Waals surface area contributed by atoms with E-state index in [4.69, 9.17) is 9.47 Å². The predicted molar refractivity (Wildman–Crippen MR) is 235 cm³/mol. The molecule has 0 spiro atoms. The molecule has 57 heavy (non-hydrogen) atoms. The Morgan fingerprint density at radius 2 is 0.982 bits per heavy atom. The van der Waals surface area contributed by atoms with E-state index in [2.05, 4.69) is 31.3 Å². The predicted octanol–water partition coefficient (Wildman–Crippen LogP) is 10.3. The summed E-state index contributed by atoms with van der Waals surface area (Å²) in [6.07, 6.45) is 39.3. The quantitative estimate of drug-likeness (QED) is 0.0265. The standard InChI is InChI=1S/C48H91NO8/c1-3-5-7-9-11-13-15-17-19-20-21-22-24-26-28-30-32-34-36-38-44(52)49-41(40-56-48-47(55)46(54)45(53)43(39-50)57-48)42(51)37-35-33-31-29-27-25-23-18-16-14-12-10-8-6-4-2/h17,19,35,37,41-43,45-48,50-51,53-55H,3-16,18,20-34,36,38-40H2,1-2H3,(H,49,52)/b19-17-,37-35+. The fraction of sp³-hybridized carbons (Fsp3) is 0.896. The van der Waals surface area contributed by atoms with Gasteiger partial charge >= 0.3 is 0 Å². The normalized spacial score (nSPS) is 21.1. The van der Waals surface area contributed by atoms with Gasteiger partial charge in [-0.25, -0.2) is 0 Å². The van der Waals surface area contributed by atoms with Gasteiger partial charge in [-0.3, -0.25) is 4.79 Å². The van der Waals surface area contributed by atoms with Gasteiger partial charge in [0.05, 0.1) is 25.4 Å². The Morgan fingerprint density at radius 1 is 0.579 bits per heavy atom. The van der Waals surface area contributed by atoms with Crippen LogP contribution in [0.1, 0.15) is 219 Å². The number of ether oxygens (including phenoxy) is 2.